The van der Waals surface area contributed by atoms with Crippen LogP contribution in [0.15, 0.2) is 24.3 Å². The lowest BCUT2D eigenvalue weighted by Crippen LogP contribution is -2.27. The van der Waals surface area contributed by atoms with Crippen LogP contribution in [0.5, 0.6) is 0 Å². The molecule has 0 bridgehead atoms. The fourth-order valence-corrected chi connectivity index (χ4v) is 1.82. The summed E-state index contributed by atoms with van der Waals surface area (Å²) in [7, 11) is 0. The Kier molecular flexibility index (Phi) is 6.32. The summed E-state index contributed by atoms with van der Waals surface area (Å²) < 4.78 is 0. The van der Waals surface area contributed by atoms with Gasteiger partial charge >= 0.3 is 0 Å². The maximum absolute atomic E-state index is 10.7. The Balaban J connectivity index is 2.67. The number of hydrogen-bond acceptors (Lipinski definition) is 4. The van der Waals surface area contributed by atoms with Crippen molar-refractivity contribution < 1.29 is 10.0 Å². The van der Waals surface area contributed by atoms with Crippen LogP contribution in [0.3, 0.4) is 0 Å². The van der Waals surface area contributed by atoms with Crippen LogP contribution >= 0.6 is 0 Å². The minimum absolute atomic E-state index is 0.110. The summed E-state index contributed by atoms with van der Waals surface area (Å²) in [6, 6.07) is 6.66. The first-order chi connectivity index (χ1) is 8.67. The van der Waals surface area contributed by atoms with Crippen molar-refractivity contribution in [1.82, 2.24) is 4.90 Å². The number of nitro groups is 1. The van der Waals surface area contributed by atoms with Crippen molar-refractivity contribution in [3.8, 4) is 0 Å². The molecular weight excluding hydrogens is 232 g/mol. The maximum atomic E-state index is 10.7. The van der Waals surface area contributed by atoms with Gasteiger partial charge < -0.3 is 5.11 Å². The molecule has 0 fully saturated rings. The second-order valence-corrected chi connectivity index (χ2v) is 4.28. The van der Waals surface area contributed by atoms with Gasteiger partial charge in [-0.1, -0.05) is 25.5 Å². The number of hydrogen-bond donors (Lipinski definition) is 1. The molecule has 0 aliphatic rings. The molecule has 0 radical (unpaired) electrons. The van der Waals surface area contributed by atoms with E-state index in [0.717, 1.165) is 24.9 Å². The van der Waals surface area contributed by atoms with Gasteiger partial charge in [0.15, 0.2) is 0 Å². The molecule has 0 aliphatic heterocycles. The Morgan fingerprint density at radius 2 is 2.17 bits per heavy atom. The highest BCUT2D eigenvalue weighted by Gasteiger charge is 2.09. The van der Waals surface area contributed by atoms with Crippen molar-refractivity contribution in [2.24, 2.45) is 0 Å². The van der Waals surface area contributed by atoms with Crippen LogP contribution in [0.25, 0.3) is 0 Å². The summed E-state index contributed by atoms with van der Waals surface area (Å²) in [4.78, 5) is 12.4. The largest absolute Gasteiger partial charge is 0.395 e. The zero-order valence-electron chi connectivity index (χ0n) is 10.7. The molecule has 0 saturated heterocycles. The molecule has 0 aromatic heterocycles. The first-order valence-corrected chi connectivity index (χ1v) is 6.24. The molecule has 5 nitrogen and oxygen atoms in total. The lowest BCUT2D eigenvalue weighted by molar-refractivity contribution is -0.384. The van der Waals surface area contributed by atoms with Crippen molar-refractivity contribution >= 4 is 5.69 Å². The zero-order valence-corrected chi connectivity index (χ0v) is 10.7. The fraction of sp³-hybridized carbons (Fsp3) is 0.538. The first kappa shape index (κ1) is 14.6. The highest BCUT2D eigenvalue weighted by atomic mass is 16.6. The van der Waals surface area contributed by atoms with Gasteiger partial charge in [0.05, 0.1) is 11.5 Å². The van der Waals surface area contributed by atoms with E-state index in [2.05, 4.69) is 11.8 Å². The Bertz CT molecular complexity index is 382. The fourth-order valence-electron chi connectivity index (χ4n) is 1.82. The third kappa shape index (κ3) is 4.81. The van der Waals surface area contributed by atoms with Gasteiger partial charge in [-0.2, -0.15) is 0 Å². The van der Waals surface area contributed by atoms with Gasteiger partial charge in [-0.25, -0.2) is 0 Å². The minimum Gasteiger partial charge on any atom is -0.395 e. The number of non-ortho nitro benzene ring substituents is 1. The molecule has 0 aliphatic carbocycles. The molecule has 100 valence electrons. The maximum Gasteiger partial charge on any atom is 0.269 e. The molecule has 0 atom stereocenters. The van der Waals surface area contributed by atoms with Gasteiger partial charge in [-0.05, 0) is 18.5 Å². The van der Waals surface area contributed by atoms with Crippen LogP contribution in [0, 0.1) is 10.1 Å². The summed E-state index contributed by atoms with van der Waals surface area (Å²) in [5.41, 5.74) is 1.03. The van der Waals surface area contributed by atoms with Crippen molar-refractivity contribution in [2.75, 3.05) is 19.7 Å². The molecule has 1 aromatic rings. The van der Waals surface area contributed by atoms with Crippen LogP contribution in [-0.2, 0) is 6.54 Å². The standard InChI is InChI=1S/C13H20N2O3/c1-2-3-7-14(8-9-16)11-12-5-4-6-13(10-12)15(17)18/h4-6,10,16H,2-3,7-9,11H2,1H3. The van der Waals surface area contributed by atoms with Gasteiger partial charge in [0.25, 0.3) is 5.69 Å². The number of rotatable bonds is 8. The van der Waals surface area contributed by atoms with Crippen LogP contribution < -0.4 is 0 Å². The highest BCUT2D eigenvalue weighted by Crippen LogP contribution is 2.14. The SMILES string of the molecule is CCCCN(CCO)Cc1cccc([N+](=O)[O-])c1. The number of nitrogens with zero attached hydrogens (tertiary/aromatic N) is 2. The predicted molar refractivity (Wildman–Crippen MR) is 70.4 cm³/mol. The topological polar surface area (TPSA) is 66.6 Å². The molecule has 18 heavy (non-hydrogen) atoms. The minimum atomic E-state index is -0.383. The van der Waals surface area contributed by atoms with E-state index in [1.165, 1.54) is 6.07 Å². The average Bonchev–Trinajstić information content (AvgIpc) is 2.36. The van der Waals surface area contributed by atoms with E-state index in [1.54, 1.807) is 12.1 Å². The number of benzene rings is 1. The van der Waals surface area contributed by atoms with E-state index in [-0.39, 0.29) is 17.2 Å². The number of unbranched alkanes of at least 4 members (excludes halogenated alkanes) is 1. The van der Waals surface area contributed by atoms with E-state index >= 15 is 0 Å². The van der Waals surface area contributed by atoms with Crippen LogP contribution in [-0.4, -0.2) is 34.6 Å². The molecular formula is C13H20N2O3. The molecule has 0 heterocycles. The smallest absolute Gasteiger partial charge is 0.269 e. The van der Waals surface area contributed by atoms with Gasteiger partial charge in [-0.15, -0.1) is 0 Å². The Morgan fingerprint density at radius 3 is 2.78 bits per heavy atom. The predicted octanol–water partition coefficient (Wildman–Crippen LogP) is 2.19. The molecule has 0 amide bonds. The van der Waals surface area contributed by atoms with E-state index < -0.39 is 0 Å². The first-order valence-electron chi connectivity index (χ1n) is 6.24. The Morgan fingerprint density at radius 1 is 1.39 bits per heavy atom. The molecule has 1 rings (SSSR count). The second-order valence-electron chi connectivity index (χ2n) is 4.28. The molecule has 0 saturated carbocycles. The molecule has 5 heteroatoms. The molecule has 0 spiro atoms. The number of aliphatic hydroxyl groups is 1. The Hall–Kier alpha value is -1.46. The van der Waals surface area contributed by atoms with Crippen molar-refractivity contribution in [3.63, 3.8) is 0 Å². The van der Waals surface area contributed by atoms with Crippen LogP contribution in [0.2, 0.25) is 0 Å². The normalized spacial score (nSPS) is 10.8. The summed E-state index contributed by atoms with van der Waals surface area (Å²) in [6.45, 7) is 4.37. The quantitative estimate of drug-likeness (QED) is 0.569. The average molecular weight is 252 g/mol. The highest BCUT2D eigenvalue weighted by molar-refractivity contribution is 5.34. The third-order valence-electron chi connectivity index (χ3n) is 2.77. The summed E-state index contributed by atoms with van der Waals surface area (Å²) >= 11 is 0. The van der Waals surface area contributed by atoms with E-state index in [9.17, 15) is 10.1 Å². The Labute approximate surface area is 107 Å². The van der Waals surface area contributed by atoms with E-state index in [0.29, 0.717) is 13.1 Å². The van der Waals surface area contributed by atoms with E-state index in [4.69, 9.17) is 5.11 Å². The molecule has 1 N–H and O–H groups in total. The third-order valence-corrected chi connectivity index (χ3v) is 2.77. The lowest BCUT2D eigenvalue weighted by Gasteiger charge is -2.20. The van der Waals surface area contributed by atoms with Crippen LogP contribution in [0.1, 0.15) is 25.3 Å². The van der Waals surface area contributed by atoms with Gasteiger partial charge in [0, 0.05) is 25.2 Å². The van der Waals surface area contributed by atoms with Crippen molar-refractivity contribution in [2.45, 2.75) is 26.3 Å². The monoisotopic (exact) mass is 252 g/mol. The van der Waals surface area contributed by atoms with Crippen molar-refractivity contribution in [3.05, 3.63) is 39.9 Å². The van der Waals surface area contributed by atoms with Crippen molar-refractivity contribution in [1.29, 1.82) is 0 Å². The van der Waals surface area contributed by atoms with Crippen LogP contribution in [0.4, 0.5) is 5.69 Å². The van der Waals surface area contributed by atoms with E-state index in [1.807, 2.05) is 6.07 Å². The second kappa shape index (κ2) is 7.79. The molecule has 0 unspecified atom stereocenters. The number of nitro benzene ring substituents is 1. The van der Waals surface area contributed by atoms with Gasteiger partial charge in [-0.3, -0.25) is 15.0 Å². The summed E-state index contributed by atoms with van der Waals surface area (Å²) in [5, 5.41) is 19.7. The molecule has 1 aromatic carbocycles. The summed E-state index contributed by atoms with van der Waals surface area (Å²) in [5.74, 6) is 0. The number of aliphatic hydroxyl groups excluding tert-OH is 1. The lowest BCUT2D eigenvalue weighted by atomic mass is 10.2. The summed E-state index contributed by atoms with van der Waals surface area (Å²) in [6.07, 6.45) is 2.16. The van der Waals surface area contributed by atoms with Gasteiger partial charge in [0.1, 0.15) is 0 Å². The zero-order chi connectivity index (χ0) is 13.4. The van der Waals surface area contributed by atoms with Gasteiger partial charge in [0.2, 0.25) is 0 Å².